The van der Waals surface area contributed by atoms with Gasteiger partial charge in [0, 0.05) is 5.92 Å². The maximum atomic E-state index is 10.2. The zero-order chi connectivity index (χ0) is 22.1. The molecule has 3 aliphatic carbocycles. The number of rotatable bonds is 5. The van der Waals surface area contributed by atoms with E-state index in [1.54, 1.807) is 5.57 Å². The van der Waals surface area contributed by atoms with E-state index in [4.69, 9.17) is 0 Å². The van der Waals surface area contributed by atoms with Gasteiger partial charge in [0.2, 0.25) is 0 Å². The van der Waals surface area contributed by atoms with Crippen LogP contribution in [-0.2, 0) is 0 Å². The molecule has 3 heteroatoms. The fourth-order valence-corrected chi connectivity index (χ4v) is 6.39. The van der Waals surface area contributed by atoms with Gasteiger partial charge in [0.15, 0.2) is 0 Å². The van der Waals surface area contributed by atoms with Gasteiger partial charge < -0.3 is 15.3 Å². The van der Waals surface area contributed by atoms with E-state index in [-0.39, 0.29) is 5.92 Å². The van der Waals surface area contributed by atoms with Crippen molar-refractivity contribution in [3.8, 4) is 0 Å². The van der Waals surface area contributed by atoms with Gasteiger partial charge in [-0.1, -0.05) is 56.2 Å². The molecule has 7 unspecified atom stereocenters. The third kappa shape index (κ3) is 5.29. The van der Waals surface area contributed by atoms with Crippen LogP contribution in [0.15, 0.2) is 35.5 Å². The van der Waals surface area contributed by atoms with Gasteiger partial charge in [0.25, 0.3) is 0 Å². The average Bonchev–Trinajstić information content (AvgIpc) is 3.00. The second-order valence-corrected chi connectivity index (χ2v) is 11.3. The Bertz CT molecular complexity index is 671. The minimum absolute atomic E-state index is 0.152. The van der Waals surface area contributed by atoms with Crippen molar-refractivity contribution in [2.24, 2.45) is 29.1 Å². The Kier molecular flexibility index (Phi) is 7.37. The molecule has 3 N–H and O–H groups in total. The lowest BCUT2D eigenvalue weighted by atomic mass is 9.61. The molecular formula is C27H44O3. The molecule has 0 saturated heterocycles. The minimum atomic E-state index is -0.674. The van der Waals surface area contributed by atoms with Crippen molar-refractivity contribution in [1.82, 2.24) is 0 Å². The van der Waals surface area contributed by atoms with Crippen molar-refractivity contribution >= 4 is 0 Å². The Morgan fingerprint density at radius 2 is 1.70 bits per heavy atom. The molecule has 3 aliphatic rings. The number of allylic oxidation sites excluding steroid dienone is 4. The van der Waals surface area contributed by atoms with Gasteiger partial charge in [-0.3, -0.25) is 0 Å². The summed E-state index contributed by atoms with van der Waals surface area (Å²) in [4.78, 5) is 0. The summed E-state index contributed by atoms with van der Waals surface area (Å²) in [6.45, 7) is 10.7. The monoisotopic (exact) mass is 416 g/mol. The summed E-state index contributed by atoms with van der Waals surface area (Å²) in [5, 5.41) is 30.2. The summed E-state index contributed by atoms with van der Waals surface area (Å²) in [6, 6.07) is 0. The average molecular weight is 417 g/mol. The van der Waals surface area contributed by atoms with Gasteiger partial charge >= 0.3 is 0 Å². The van der Waals surface area contributed by atoms with E-state index in [9.17, 15) is 15.3 Å². The zero-order valence-corrected chi connectivity index (χ0v) is 19.8. The highest BCUT2D eigenvalue weighted by molar-refractivity contribution is 5.26. The molecule has 3 nitrogen and oxygen atoms in total. The molecule has 3 saturated carbocycles. The number of hydrogen-bond acceptors (Lipinski definition) is 3. The van der Waals surface area contributed by atoms with Crippen LogP contribution in [0, 0.1) is 29.1 Å². The van der Waals surface area contributed by atoms with Crippen molar-refractivity contribution in [2.45, 2.75) is 104 Å². The molecule has 30 heavy (non-hydrogen) atoms. The first-order valence-electron chi connectivity index (χ1n) is 12.2. The van der Waals surface area contributed by atoms with Crippen LogP contribution >= 0.6 is 0 Å². The molecule has 0 radical (unpaired) electrons. The molecule has 0 aromatic rings. The van der Waals surface area contributed by atoms with Crippen LogP contribution < -0.4 is 0 Å². The minimum Gasteiger partial charge on any atom is -0.393 e. The van der Waals surface area contributed by atoms with E-state index in [0.717, 1.165) is 0 Å². The normalized spacial score (nSPS) is 38.7. The number of hydrogen-bond donors (Lipinski definition) is 3. The highest BCUT2D eigenvalue weighted by Crippen LogP contribution is 2.59. The Hall–Kier alpha value is -0.900. The fourth-order valence-electron chi connectivity index (χ4n) is 6.39. The molecule has 0 heterocycles. The quantitative estimate of drug-likeness (QED) is 0.514. The summed E-state index contributed by atoms with van der Waals surface area (Å²) in [5.74, 6) is 2.00. The predicted octanol–water partition coefficient (Wildman–Crippen LogP) is 5.56. The Balaban J connectivity index is 1.73. The first-order chi connectivity index (χ1) is 14.0. The second kappa shape index (κ2) is 9.30. The molecule has 170 valence electrons. The number of aliphatic hydroxyl groups is 3. The summed E-state index contributed by atoms with van der Waals surface area (Å²) >= 11 is 0. The molecule has 0 aromatic heterocycles. The predicted molar refractivity (Wildman–Crippen MR) is 124 cm³/mol. The van der Waals surface area contributed by atoms with Crippen LogP contribution in [0.2, 0.25) is 0 Å². The summed E-state index contributed by atoms with van der Waals surface area (Å²) in [7, 11) is 0. The largest absolute Gasteiger partial charge is 0.393 e. The third-order valence-corrected chi connectivity index (χ3v) is 8.56. The molecule has 0 bridgehead atoms. The lowest BCUT2D eigenvalue weighted by molar-refractivity contribution is 0.0436. The van der Waals surface area contributed by atoms with Gasteiger partial charge in [-0.25, -0.2) is 0 Å². The van der Waals surface area contributed by atoms with Crippen LogP contribution in [0.4, 0.5) is 0 Å². The maximum Gasteiger partial charge on any atom is 0.0651 e. The first kappa shape index (κ1) is 23.8. The Labute approximate surface area is 184 Å². The summed E-state index contributed by atoms with van der Waals surface area (Å²) in [6.07, 6.45) is 16.5. The van der Waals surface area contributed by atoms with Crippen LogP contribution in [-0.4, -0.2) is 33.1 Å². The molecule has 3 rings (SSSR count). The van der Waals surface area contributed by atoms with E-state index in [1.807, 2.05) is 13.8 Å². The van der Waals surface area contributed by atoms with Crippen molar-refractivity contribution < 1.29 is 15.3 Å². The summed E-state index contributed by atoms with van der Waals surface area (Å²) in [5.41, 5.74) is 2.43. The van der Waals surface area contributed by atoms with Gasteiger partial charge in [0.1, 0.15) is 0 Å². The summed E-state index contributed by atoms with van der Waals surface area (Å²) < 4.78 is 0. The van der Waals surface area contributed by atoms with E-state index in [0.29, 0.717) is 42.4 Å². The molecule has 3 fully saturated rings. The SMILES string of the molecule is CC(/C=C/C(C)C(C)(C)O)C1CCC2/C(=C/C=C3CC(O)CC(O)C3)CCCC21C. The molecule has 0 aliphatic heterocycles. The van der Waals surface area contributed by atoms with Crippen LogP contribution in [0.3, 0.4) is 0 Å². The molecule has 0 aromatic carbocycles. The van der Waals surface area contributed by atoms with Crippen LogP contribution in [0.5, 0.6) is 0 Å². The highest BCUT2D eigenvalue weighted by Gasteiger charge is 2.50. The number of aliphatic hydroxyl groups excluding tert-OH is 2. The third-order valence-electron chi connectivity index (χ3n) is 8.56. The second-order valence-electron chi connectivity index (χ2n) is 11.3. The smallest absolute Gasteiger partial charge is 0.0651 e. The van der Waals surface area contributed by atoms with E-state index in [2.05, 4.69) is 45.1 Å². The molecular weight excluding hydrogens is 372 g/mol. The Morgan fingerprint density at radius 1 is 1.03 bits per heavy atom. The lowest BCUT2D eigenvalue weighted by Crippen LogP contribution is -2.35. The first-order valence-corrected chi connectivity index (χ1v) is 12.2. The molecule has 7 atom stereocenters. The molecule has 0 amide bonds. The van der Waals surface area contributed by atoms with E-state index >= 15 is 0 Å². The topological polar surface area (TPSA) is 60.7 Å². The fraction of sp³-hybridized carbons (Fsp3) is 0.778. The molecule has 0 spiro atoms. The van der Waals surface area contributed by atoms with Crippen LogP contribution in [0.1, 0.15) is 86.0 Å². The standard InChI is InChI=1S/C27H44O3/c1-18(8-9-19(2)26(3,4)30)24-12-13-25-21(7-6-14-27(24,25)5)11-10-20-15-22(28)17-23(29)16-20/h8-11,18-19,22-25,28-30H,6-7,12-17H2,1-5H3/b9-8+,20-10?,21-11+. The number of fused-ring (bicyclic) bond motifs is 1. The van der Waals surface area contributed by atoms with Crippen molar-refractivity contribution in [3.63, 3.8) is 0 Å². The maximum absolute atomic E-state index is 10.2. The highest BCUT2D eigenvalue weighted by atomic mass is 16.3. The van der Waals surface area contributed by atoms with Gasteiger partial charge in [-0.15, -0.1) is 0 Å². The van der Waals surface area contributed by atoms with Crippen molar-refractivity contribution in [2.75, 3.05) is 0 Å². The Morgan fingerprint density at radius 3 is 2.33 bits per heavy atom. The van der Waals surface area contributed by atoms with Crippen molar-refractivity contribution in [3.05, 3.63) is 35.5 Å². The van der Waals surface area contributed by atoms with Gasteiger partial charge in [-0.05, 0) is 88.4 Å². The van der Waals surface area contributed by atoms with Crippen LogP contribution in [0.25, 0.3) is 0 Å². The van der Waals surface area contributed by atoms with E-state index in [1.165, 1.54) is 37.7 Å². The van der Waals surface area contributed by atoms with Crippen molar-refractivity contribution in [1.29, 1.82) is 0 Å². The lowest BCUT2D eigenvalue weighted by Gasteiger charge is -2.44. The van der Waals surface area contributed by atoms with Gasteiger partial charge in [-0.2, -0.15) is 0 Å². The zero-order valence-electron chi connectivity index (χ0n) is 19.8. The van der Waals surface area contributed by atoms with Gasteiger partial charge in [0.05, 0.1) is 17.8 Å². The van der Waals surface area contributed by atoms with E-state index < -0.39 is 17.8 Å².